The lowest BCUT2D eigenvalue weighted by Gasteiger charge is -2.09. The summed E-state index contributed by atoms with van der Waals surface area (Å²) in [6, 6.07) is 12.5. The first kappa shape index (κ1) is 15.8. The molecule has 22 heavy (non-hydrogen) atoms. The van der Waals surface area contributed by atoms with E-state index in [2.05, 4.69) is 0 Å². The minimum Gasteiger partial charge on any atom is -0.508 e. The number of hydrogen-bond acceptors (Lipinski definition) is 4. The van der Waals surface area contributed by atoms with Crippen molar-refractivity contribution in [2.45, 2.75) is 19.8 Å². The van der Waals surface area contributed by atoms with Gasteiger partial charge in [-0.05, 0) is 36.8 Å². The molecule has 0 aliphatic rings. The number of ether oxygens (including phenoxy) is 1. The van der Waals surface area contributed by atoms with E-state index in [0.29, 0.717) is 17.7 Å². The van der Waals surface area contributed by atoms with Crippen molar-refractivity contribution < 1.29 is 19.4 Å². The van der Waals surface area contributed by atoms with E-state index >= 15 is 0 Å². The summed E-state index contributed by atoms with van der Waals surface area (Å²) >= 11 is 0. The SMILES string of the molecule is CCCCOC(=O)c1ccccc1C(=O)c1ccc(O)cc1. The maximum absolute atomic E-state index is 12.5. The van der Waals surface area contributed by atoms with E-state index in [1.54, 1.807) is 24.3 Å². The summed E-state index contributed by atoms with van der Waals surface area (Å²) in [5, 5.41) is 9.29. The number of benzene rings is 2. The molecule has 0 saturated heterocycles. The molecule has 0 aliphatic carbocycles. The monoisotopic (exact) mass is 298 g/mol. The number of hydrogen-bond donors (Lipinski definition) is 1. The van der Waals surface area contributed by atoms with Gasteiger partial charge in [0.2, 0.25) is 0 Å². The maximum atomic E-state index is 12.5. The number of aromatic hydroxyl groups is 1. The summed E-state index contributed by atoms with van der Waals surface area (Å²) in [5.41, 5.74) is 0.970. The van der Waals surface area contributed by atoms with Crippen LogP contribution in [0.1, 0.15) is 46.0 Å². The fraction of sp³-hybridized carbons (Fsp3) is 0.222. The van der Waals surface area contributed by atoms with Crippen molar-refractivity contribution in [3.05, 3.63) is 65.2 Å². The number of rotatable bonds is 6. The van der Waals surface area contributed by atoms with Crippen molar-refractivity contribution in [3.8, 4) is 5.75 Å². The van der Waals surface area contributed by atoms with Gasteiger partial charge in [-0.15, -0.1) is 0 Å². The first-order valence-corrected chi connectivity index (χ1v) is 7.23. The van der Waals surface area contributed by atoms with Gasteiger partial charge in [-0.1, -0.05) is 31.5 Å². The molecule has 0 fully saturated rings. The van der Waals surface area contributed by atoms with Crippen LogP contribution in [0.4, 0.5) is 0 Å². The molecule has 0 unspecified atom stereocenters. The molecule has 0 aliphatic heterocycles. The van der Waals surface area contributed by atoms with Crippen LogP contribution in [0.2, 0.25) is 0 Å². The molecule has 1 N–H and O–H groups in total. The van der Waals surface area contributed by atoms with Gasteiger partial charge in [0, 0.05) is 11.1 Å². The van der Waals surface area contributed by atoms with Crippen LogP contribution in [-0.4, -0.2) is 23.5 Å². The number of carbonyl (C=O) groups is 2. The van der Waals surface area contributed by atoms with Crippen molar-refractivity contribution in [3.63, 3.8) is 0 Å². The van der Waals surface area contributed by atoms with E-state index in [4.69, 9.17) is 4.74 Å². The summed E-state index contributed by atoms with van der Waals surface area (Å²) in [4.78, 5) is 24.6. The van der Waals surface area contributed by atoms with Crippen molar-refractivity contribution in [1.82, 2.24) is 0 Å². The van der Waals surface area contributed by atoms with Gasteiger partial charge in [-0.3, -0.25) is 4.79 Å². The Morgan fingerprint density at radius 2 is 1.64 bits per heavy atom. The predicted molar refractivity (Wildman–Crippen MR) is 83.2 cm³/mol. The number of esters is 1. The van der Waals surface area contributed by atoms with Crippen LogP contribution in [0.5, 0.6) is 5.75 Å². The first-order valence-electron chi connectivity index (χ1n) is 7.23. The molecule has 4 nitrogen and oxygen atoms in total. The van der Waals surface area contributed by atoms with Crippen LogP contribution in [-0.2, 0) is 4.74 Å². The van der Waals surface area contributed by atoms with Gasteiger partial charge in [0.05, 0.1) is 12.2 Å². The molecule has 2 rings (SSSR count). The third kappa shape index (κ3) is 3.73. The van der Waals surface area contributed by atoms with E-state index < -0.39 is 5.97 Å². The fourth-order valence-corrected chi connectivity index (χ4v) is 2.01. The molecule has 0 heterocycles. The van der Waals surface area contributed by atoms with Crippen LogP contribution in [0.3, 0.4) is 0 Å². The Balaban J connectivity index is 2.25. The topological polar surface area (TPSA) is 63.6 Å². The fourth-order valence-electron chi connectivity index (χ4n) is 2.01. The summed E-state index contributed by atoms with van der Waals surface area (Å²) in [5.74, 6) is -0.678. The molecule has 2 aromatic rings. The van der Waals surface area contributed by atoms with E-state index in [1.165, 1.54) is 24.3 Å². The number of phenolic OH excluding ortho intramolecular Hbond substituents is 1. The molecular weight excluding hydrogens is 280 g/mol. The van der Waals surface area contributed by atoms with Crippen molar-refractivity contribution in [2.75, 3.05) is 6.61 Å². The zero-order chi connectivity index (χ0) is 15.9. The van der Waals surface area contributed by atoms with Gasteiger partial charge < -0.3 is 9.84 Å². The Morgan fingerprint density at radius 3 is 2.27 bits per heavy atom. The van der Waals surface area contributed by atoms with E-state index in [0.717, 1.165) is 12.8 Å². The maximum Gasteiger partial charge on any atom is 0.338 e. The van der Waals surface area contributed by atoms with Gasteiger partial charge in [0.25, 0.3) is 0 Å². The Labute approximate surface area is 129 Å². The standard InChI is InChI=1S/C18H18O4/c1-2-3-12-22-18(21)16-7-5-4-6-15(16)17(20)13-8-10-14(19)11-9-13/h4-11,19H,2-3,12H2,1H3. The molecule has 0 aromatic heterocycles. The highest BCUT2D eigenvalue weighted by Crippen LogP contribution is 2.18. The minimum absolute atomic E-state index is 0.0869. The van der Waals surface area contributed by atoms with E-state index in [9.17, 15) is 14.7 Å². The second-order valence-corrected chi connectivity index (χ2v) is 4.91. The second kappa shape index (κ2) is 7.41. The molecule has 0 saturated carbocycles. The summed E-state index contributed by atoms with van der Waals surface area (Å²) in [6.45, 7) is 2.35. The van der Waals surface area contributed by atoms with Gasteiger partial charge in [0.15, 0.2) is 5.78 Å². The summed E-state index contributed by atoms with van der Waals surface area (Å²) in [7, 11) is 0. The molecule has 0 amide bonds. The van der Waals surface area contributed by atoms with Gasteiger partial charge >= 0.3 is 5.97 Å². The third-order valence-electron chi connectivity index (χ3n) is 3.25. The van der Waals surface area contributed by atoms with Gasteiger partial charge in [-0.25, -0.2) is 4.79 Å². The Hall–Kier alpha value is -2.62. The predicted octanol–water partition coefficient (Wildman–Crippen LogP) is 3.58. The number of unbranched alkanes of at least 4 members (excludes halogenated alkanes) is 1. The van der Waals surface area contributed by atoms with Crippen LogP contribution in [0.15, 0.2) is 48.5 Å². The van der Waals surface area contributed by atoms with Crippen molar-refractivity contribution in [2.24, 2.45) is 0 Å². The van der Waals surface area contributed by atoms with Crippen molar-refractivity contribution >= 4 is 11.8 Å². The molecule has 0 radical (unpaired) electrons. The highest BCUT2D eigenvalue weighted by Gasteiger charge is 2.18. The van der Waals surface area contributed by atoms with E-state index in [1.807, 2.05) is 6.92 Å². The molecule has 0 bridgehead atoms. The van der Waals surface area contributed by atoms with Gasteiger partial charge in [0.1, 0.15) is 5.75 Å². The zero-order valence-corrected chi connectivity index (χ0v) is 12.4. The van der Waals surface area contributed by atoms with E-state index in [-0.39, 0.29) is 17.1 Å². The largest absolute Gasteiger partial charge is 0.508 e. The molecule has 4 heteroatoms. The minimum atomic E-state index is -0.490. The molecular formula is C18H18O4. The van der Waals surface area contributed by atoms with Crippen LogP contribution < -0.4 is 0 Å². The van der Waals surface area contributed by atoms with Gasteiger partial charge in [-0.2, -0.15) is 0 Å². The summed E-state index contributed by atoms with van der Waals surface area (Å²) < 4.78 is 5.18. The smallest absolute Gasteiger partial charge is 0.338 e. The van der Waals surface area contributed by atoms with Crippen LogP contribution >= 0.6 is 0 Å². The lowest BCUT2D eigenvalue weighted by atomic mass is 9.98. The van der Waals surface area contributed by atoms with Crippen LogP contribution in [0.25, 0.3) is 0 Å². The normalized spacial score (nSPS) is 10.2. The zero-order valence-electron chi connectivity index (χ0n) is 12.4. The molecule has 0 spiro atoms. The lowest BCUT2D eigenvalue weighted by molar-refractivity contribution is 0.0497. The molecule has 2 aromatic carbocycles. The number of carbonyl (C=O) groups excluding carboxylic acids is 2. The number of ketones is 1. The van der Waals surface area contributed by atoms with Crippen molar-refractivity contribution in [1.29, 1.82) is 0 Å². The Kier molecular flexibility index (Phi) is 5.31. The first-order chi connectivity index (χ1) is 10.6. The highest BCUT2D eigenvalue weighted by atomic mass is 16.5. The summed E-state index contributed by atoms with van der Waals surface area (Å²) in [6.07, 6.45) is 1.72. The van der Waals surface area contributed by atoms with Crippen LogP contribution in [0, 0.1) is 0 Å². The quantitative estimate of drug-likeness (QED) is 0.503. The second-order valence-electron chi connectivity index (χ2n) is 4.91. The Bertz CT molecular complexity index is 659. The highest BCUT2D eigenvalue weighted by molar-refractivity contribution is 6.14. The number of phenols is 1. The average Bonchev–Trinajstić information content (AvgIpc) is 2.55. The molecule has 0 atom stereocenters. The third-order valence-corrected chi connectivity index (χ3v) is 3.25. The molecule has 114 valence electrons. The average molecular weight is 298 g/mol. The lowest BCUT2D eigenvalue weighted by Crippen LogP contribution is -2.13. The Morgan fingerprint density at radius 1 is 1.00 bits per heavy atom.